The number of pyridine rings is 1. The molecule has 0 saturated heterocycles. The summed E-state index contributed by atoms with van der Waals surface area (Å²) in [6.45, 7) is 0.526. The standard InChI is InChI=1S/C29H27F6N5O3/c1-2-43-15-18(27(36)29(33,34)35)13-38-14-25(41)40-24(10-16-8-19(30)12-20(31)9-16)26-21(4-3-7-39-26)17-5-6-23(32)22(11-17)28(37)42/h3-9,11-13,24H,2,10,14-15,36H2,1H3,(H2,37,42)(H,40,41). The van der Waals surface area contributed by atoms with Crippen molar-refractivity contribution in [2.75, 3.05) is 19.8 Å². The third-order valence-corrected chi connectivity index (χ3v) is 6.00. The normalized spacial score (nSPS) is 13.1. The van der Waals surface area contributed by atoms with E-state index in [9.17, 15) is 35.9 Å². The topological polar surface area (TPSA) is 133 Å². The average Bonchev–Trinajstić information content (AvgIpc) is 2.93. The van der Waals surface area contributed by atoms with E-state index in [1.807, 2.05) is 0 Å². The van der Waals surface area contributed by atoms with Crippen LogP contribution in [0.2, 0.25) is 0 Å². The van der Waals surface area contributed by atoms with E-state index in [1.54, 1.807) is 13.0 Å². The van der Waals surface area contributed by atoms with Gasteiger partial charge in [-0.05, 0) is 54.8 Å². The maximum absolute atomic E-state index is 14.2. The molecule has 228 valence electrons. The predicted octanol–water partition coefficient (Wildman–Crippen LogP) is 4.55. The zero-order valence-corrected chi connectivity index (χ0v) is 22.7. The number of nitrogens with two attached hydrogens (primary N) is 2. The van der Waals surface area contributed by atoms with Crippen molar-refractivity contribution < 1.29 is 40.7 Å². The molecule has 3 rings (SSSR count). The molecule has 2 aromatic carbocycles. The van der Waals surface area contributed by atoms with Crippen LogP contribution < -0.4 is 16.8 Å². The van der Waals surface area contributed by atoms with Crippen molar-refractivity contribution in [2.24, 2.45) is 16.5 Å². The van der Waals surface area contributed by atoms with Crippen LogP contribution in [-0.4, -0.2) is 48.9 Å². The van der Waals surface area contributed by atoms with Crippen LogP contribution in [0.15, 0.2) is 71.0 Å². The Hall–Kier alpha value is -4.72. The molecule has 0 aliphatic carbocycles. The summed E-state index contributed by atoms with van der Waals surface area (Å²) in [6, 6.07) is 8.38. The van der Waals surface area contributed by atoms with Crippen molar-refractivity contribution in [2.45, 2.75) is 25.6 Å². The fourth-order valence-electron chi connectivity index (χ4n) is 4.06. The van der Waals surface area contributed by atoms with Gasteiger partial charge in [0.25, 0.3) is 5.91 Å². The quantitative estimate of drug-likeness (QED) is 0.205. The van der Waals surface area contributed by atoms with Crippen molar-refractivity contribution in [1.82, 2.24) is 10.3 Å². The zero-order valence-electron chi connectivity index (χ0n) is 22.7. The third kappa shape index (κ3) is 9.13. The van der Waals surface area contributed by atoms with E-state index in [-0.39, 0.29) is 24.3 Å². The van der Waals surface area contributed by atoms with Crippen molar-refractivity contribution in [3.05, 3.63) is 100 Å². The van der Waals surface area contributed by atoms with Gasteiger partial charge in [0.2, 0.25) is 5.91 Å². The van der Waals surface area contributed by atoms with Gasteiger partial charge in [-0.3, -0.25) is 19.6 Å². The van der Waals surface area contributed by atoms with E-state index in [1.165, 1.54) is 24.4 Å². The summed E-state index contributed by atoms with van der Waals surface area (Å²) in [4.78, 5) is 32.8. The third-order valence-electron chi connectivity index (χ3n) is 6.00. The van der Waals surface area contributed by atoms with Gasteiger partial charge in [-0.2, -0.15) is 13.2 Å². The Morgan fingerprint density at radius 2 is 1.77 bits per heavy atom. The number of hydrogen-bond donors (Lipinski definition) is 3. The van der Waals surface area contributed by atoms with E-state index < -0.39 is 71.5 Å². The molecular weight excluding hydrogens is 580 g/mol. The highest BCUT2D eigenvalue weighted by atomic mass is 19.4. The lowest BCUT2D eigenvalue weighted by Crippen LogP contribution is -2.32. The second-order valence-corrected chi connectivity index (χ2v) is 9.14. The summed E-state index contributed by atoms with van der Waals surface area (Å²) in [6.07, 6.45) is -2.87. The van der Waals surface area contributed by atoms with Gasteiger partial charge in [0.1, 0.15) is 29.7 Å². The number of benzene rings is 2. The number of hydrogen-bond acceptors (Lipinski definition) is 6. The van der Waals surface area contributed by atoms with Crippen LogP contribution in [0.5, 0.6) is 0 Å². The first-order valence-electron chi connectivity index (χ1n) is 12.7. The minimum absolute atomic E-state index is 0.104. The molecule has 0 aliphatic rings. The highest BCUT2D eigenvalue weighted by Crippen LogP contribution is 2.30. The lowest BCUT2D eigenvalue weighted by molar-refractivity contribution is -0.120. The number of rotatable bonds is 12. The molecule has 0 spiro atoms. The Labute approximate surface area is 242 Å². The molecule has 43 heavy (non-hydrogen) atoms. The number of nitrogens with one attached hydrogen (secondary N) is 1. The summed E-state index contributed by atoms with van der Waals surface area (Å²) in [5.74, 6) is -4.40. The molecule has 8 nitrogen and oxygen atoms in total. The van der Waals surface area contributed by atoms with E-state index >= 15 is 0 Å². The maximum Gasteiger partial charge on any atom is 0.431 e. The van der Waals surface area contributed by atoms with E-state index in [0.717, 1.165) is 24.4 Å². The first-order valence-corrected chi connectivity index (χ1v) is 12.7. The molecule has 0 fully saturated rings. The number of ether oxygens (including phenoxy) is 1. The number of nitrogens with zero attached hydrogens (tertiary/aromatic N) is 2. The minimum Gasteiger partial charge on any atom is -0.394 e. The minimum atomic E-state index is -4.85. The average molecular weight is 608 g/mol. The molecule has 2 amide bonds. The van der Waals surface area contributed by atoms with Crippen molar-refractivity contribution >= 4 is 18.0 Å². The molecule has 1 unspecified atom stereocenters. The van der Waals surface area contributed by atoms with Gasteiger partial charge in [0, 0.05) is 36.2 Å². The number of aromatic nitrogens is 1. The van der Waals surface area contributed by atoms with E-state index in [0.29, 0.717) is 17.2 Å². The molecule has 1 atom stereocenters. The summed E-state index contributed by atoms with van der Waals surface area (Å²) in [7, 11) is 0. The number of primary amides is 1. The van der Waals surface area contributed by atoms with Crippen molar-refractivity contribution in [3.63, 3.8) is 0 Å². The fraction of sp³-hybridized carbons (Fsp3) is 0.241. The number of alkyl halides is 3. The number of halogens is 6. The van der Waals surface area contributed by atoms with Crippen LogP contribution in [0.3, 0.4) is 0 Å². The van der Waals surface area contributed by atoms with Crippen LogP contribution in [0.4, 0.5) is 26.3 Å². The zero-order chi connectivity index (χ0) is 31.7. The Balaban J connectivity index is 1.98. The molecule has 0 aliphatic heterocycles. The second kappa shape index (κ2) is 14.4. The summed E-state index contributed by atoms with van der Waals surface area (Å²) < 4.78 is 86.5. The molecule has 1 heterocycles. The van der Waals surface area contributed by atoms with Crippen LogP contribution in [-0.2, 0) is 16.0 Å². The first-order chi connectivity index (χ1) is 20.3. The van der Waals surface area contributed by atoms with Crippen LogP contribution in [0.1, 0.15) is 34.6 Å². The number of allylic oxidation sites excluding steroid dienone is 1. The lowest BCUT2D eigenvalue weighted by Gasteiger charge is -2.21. The molecule has 14 heteroatoms. The molecule has 0 bridgehead atoms. The van der Waals surface area contributed by atoms with Crippen LogP contribution >= 0.6 is 0 Å². The van der Waals surface area contributed by atoms with E-state index in [2.05, 4.69) is 15.3 Å². The molecule has 5 N–H and O–H groups in total. The Kier molecular flexibility index (Phi) is 11.0. The molecule has 0 radical (unpaired) electrons. The van der Waals surface area contributed by atoms with Gasteiger partial charge in [0.05, 0.1) is 23.9 Å². The van der Waals surface area contributed by atoms with Gasteiger partial charge in [-0.15, -0.1) is 0 Å². The largest absolute Gasteiger partial charge is 0.431 e. The molecule has 1 aromatic heterocycles. The highest BCUT2D eigenvalue weighted by molar-refractivity contribution is 5.94. The number of amides is 2. The Morgan fingerprint density at radius 1 is 1.07 bits per heavy atom. The van der Waals surface area contributed by atoms with Gasteiger partial charge in [-0.25, -0.2) is 13.2 Å². The number of carbonyl (C=O) groups excluding carboxylic acids is 2. The monoisotopic (exact) mass is 607 g/mol. The number of carbonyl (C=O) groups is 2. The van der Waals surface area contributed by atoms with Crippen LogP contribution in [0.25, 0.3) is 11.1 Å². The maximum atomic E-state index is 14.2. The predicted molar refractivity (Wildman–Crippen MR) is 146 cm³/mol. The van der Waals surface area contributed by atoms with Crippen LogP contribution in [0, 0.1) is 17.5 Å². The van der Waals surface area contributed by atoms with E-state index in [4.69, 9.17) is 16.2 Å². The SMILES string of the molecule is CCOCC(C=NCC(=O)NC(Cc1cc(F)cc(F)c1)c1ncccc1-c1ccc(F)c(C(N)=O)c1)=C(N)C(F)(F)F. The summed E-state index contributed by atoms with van der Waals surface area (Å²) >= 11 is 0. The smallest absolute Gasteiger partial charge is 0.394 e. The van der Waals surface area contributed by atoms with Gasteiger partial charge >= 0.3 is 6.18 Å². The van der Waals surface area contributed by atoms with Crippen molar-refractivity contribution in [1.29, 1.82) is 0 Å². The fourth-order valence-corrected chi connectivity index (χ4v) is 4.06. The lowest BCUT2D eigenvalue weighted by atomic mass is 9.94. The number of aliphatic imine (C=N–C) groups is 1. The molecule has 0 saturated carbocycles. The van der Waals surface area contributed by atoms with Crippen molar-refractivity contribution in [3.8, 4) is 11.1 Å². The Bertz CT molecular complexity index is 1520. The molecule has 3 aromatic rings. The van der Waals surface area contributed by atoms with Gasteiger partial charge in [-0.1, -0.05) is 12.1 Å². The highest BCUT2D eigenvalue weighted by Gasteiger charge is 2.34. The first kappa shape index (κ1) is 32.8. The second-order valence-electron chi connectivity index (χ2n) is 9.14. The summed E-state index contributed by atoms with van der Waals surface area (Å²) in [5, 5.41) is 2.63. The molecular formula is C29H27F6N5O3. The van der Waals surface area contributed by atoms with Gasteiger partial charge < -0.3 is 21.5 Å². The summed E-state index contributed by atoms with van der Waals surface area (Å²) in [5.41, 5.74) is 9.10. The van der Waals surface area contributed by atoms with Gasteiger partial charge in [0.15, 0.2) is 0 Å². The Morgan fingerprint density at radius 3 is 2.40 bits per heavy atom.